The van der Waals surface area contributed by atoms with Gasteiger partial charge in [-0.15, -0.1) is 0 Å². The molecule has 1 aliphatic rings. The highest BCUT2D eigenvalue weighted by atomic mass is 16.4. The number of aliphatic hydroxyl groups excluding tert-OH is 2. The first-order valence-electron chi connectivity index (χ1n) is 5.25. The normalized spacial score (nSPS) is 17.6. The summed E-state index contributed by atoms with van der Waals surface area (Å²) in [5.41, 5.74) is 1.73. The number of benzene rings is 1. The highest BCUT2D eigenvalue weighted by Gasteiger charge is 2.27. The molecule has 2 rings (SSSR count). The molecule has 0 aromatic heterocycles. The van der Waals surface area contributed by atoms with Crippen molar-refractivity contribution in [3.8, 4) is 0 Å². The molecule has 5 heteroatoms. The molecule has 3 N–H and O–H groups in total. The number of hydrogen-bond donors (Lipinski definition) is 3. The van der Waals surface area contributed by atoms with Crippen molar-refractivity contribution in [1.29, 1.82) is 0 Å². The lowest BCUT2D eigenvalue weighted by atomic mass is 9.99. The van der Waals surface area contributed by atoms with Gasteiger partial charge in [0.15, 0.2) is 11.9 Å². The van der Waals surface area contributed by atoms with E-state index in [9.17, 15) is 19.8 Å². The van der Waals surface area contributed by atoms with E-state index in [1.807, 2.05) is 0 Å². The van der Waals surface area contributed by atoms with E-state index in [1.165, 1.54) is 6.07 Å². The minimum atomic E-state index is -1.86. The van der Waals surface area contributed by atoms with Gasteiger partial charge in [-0.3, -0.25) is 4.79 Å². The maximum atomic E-state index is 11.4. The molecule has 1 aromatic rings. The second-order valence-electron chi connectivity index (χ2n) is 4.07. The molecule has 17 heavy (non-hydrogen) atoms. The summed E-state index contributed by atoms with van der Waals surface area (Å²) in [6.07, 6.45) is -2.30. The molecule has 0 radical (unpaired) electrons. The summed E-state index contributed by atoms with van der Waals surface area (Å²) in [7, 11) is 0. The topological polar surface area (TPSA) is 94.8 Å². The summed E-state index contributed by atoms with van der Waals surface area (Å²) in [6.45, 7) is 0. The Labute approximate surface area is 97.3 Å². The fourth-order valence-electron chi connectivity index (χ4n) is 1.98. The van der Waals surface area contributed by atoms with Crippen LogP contribution < -0.4 is 0 Å². The average Bonchev–Trinajstić information content (AvgIpc) is 2.68. The lowest BCUT2D eigenvalue weighted by Gasteiger charge is -2.15. The summed E-state index contributed by atoms with van der Waals surface area (Å²) in [5, 5.41) is 27.5. The van der Waals surface area contributed by atoms with Crippen molar-refractivity contribution < 1.29 is 24.9 Å². The van der Waals surface area contributed by atoms with Gasteiger partial charge in [0.05, 0.1) is 0 Å². The van der Waals surface area contributed by atoms with Crippen molar-refractivity contribution >= 4 is 11.8 Å². The van der Waals surface area contributed by atoms with E-state index >= 15 is 0 Å². The van der Waals surface area contributed by atoms with Gasteiger partial charge in [-0.25, -0.2) is 4.79 Å². The molecule has 0 fully saturated rings. The molecule has 0 bridgehead atoms. The second-order valence-corrected chi connectivity index (χ2v) is 4.07. The Balaban J connectivity index is 2.29. The van der Waals surface area contributed by atoms with Crippen molar-refractivity contribution in [2.45, 2.75) is 25.0 Å². The molecule has 0 amide bonds. The van der Waals surface area contributed by atoms with Gasteiger partial charge in [-0.05, 0) is 17.5 Å². The summed E-state index contributed by atoms with van der Waals surface area (Å²) in [5.74, 6) is -1.42. The molecular formula is C12H12O5. The van der Waals surface area contributed by atoms with Crippen LogP contribution in [0.25, 0.3) is 0 Å². The largest absolute Gasteiger partial charge is 0.479 e. The summed E-state index contributed by atoms with van der Waals surface area (Å²) >= 11 is 0. The molecule has 90 valence electrons. The van der Waals surface area contributed by atoms with Crippen molar-refractivity contribution in [2.24, 2.45) is 0 Å². The number of aliphatic hydroxyl groups is 2. The number of fused-ring (bicyclic) bond motifs is 1. The quantitative estimate of drug-likeness (QED) is 0.701. The van der Waals surface area contributed by atoms with Gasteiger partial charge in [-0.1, -0.05) is 18.2 Å². The van der Waals surface area contributed by atoms with Gasteiger partial charge in [0, 0.05) is 12.0 Å². The van der Waals surface area contributed by atoms with E-state index in [0.29, 0.717) is 24.0 Å². The molecule has 0 aliphatic heterocycles. The zero-order valence-electron chi connectivity index (χ0n) is 8.96. The smallest absolute Gasteiger partial charge is 0.335 e. The Morgan fingerprint density at radius 2 is 1.94 bits per heavy atom. The van der Waals surface area contributed by atoms with Crippen LogP contribution in [-0.4, -0.2) is 33.2 Å². The van der Waals surface area contributed by atoms with Crippen LogP contribution in [0.5, 0.6) is 0 Å². The first-order chi connectivity index (χ1) is 8.00. The number of carbonyl (C=O) groups is 2. The molecule has 0 spiro atoms. The van der Waals surface area contributed by atoms with Crippen LogP contribution in [0.1, 0.15) is 34.0 Å². The van der Waals surface area contributed by atoms with Crippen LogP contribution in [0.15, 0.2) is 18.2 Å². The highest BCUT2D eigenvalue weighted by Crippen LogP contribution is 2.26. The predicted octanol–water partition coefficient (Wildman–Crippen LogP) is 0.294. The third kappa shape index (κ3) is 2.07. The molecule has 0 saturated heterocycles. The summed E-state index contributed by atoms with van der Waals surface area (Å²) in [4.78, 5) is 21.9. The zero-order valence-corrected chi connectivity index (χ0v) is 8.96. The molecule has 1 aromatic carbocycles. The predicted molar refractivity (Wildman–Crippen MR) is 57.7 cm³/mol. The van der Waals surface area contributed by atoms with Crippen LogP contribution in [0.3, 0.4) is 0 Å². The van der Waals surface area contributed by atoms with Gasteiger partial charge >= 0.3 is 5.97 Å². The molecule has 5 nitrogen and oxygen atoms in total. The monoisotopic (exact) mass is 236 g/mol. The van der Waals surface area contributed by atoms with E-state index in [1.54, 1.807) is 12.1 Å². The van der Waals surface area contributed by atoms with Crippen molar-refractivity contribution in [2.75, 3.05) is 0 Å². The first-order valence-corrected chi connectivity index (χ1v) is 5.25. The zero-order chi connectivity index (χ0) is 12.6. The van der Waals surface area contributed by atoms with Crippen LogP contribution in [-0.2, 0) is 11.2 Å². The Kier molecular flexibility index (Phi) is 2.95. The van der Waals surface area contributed by atoms with E-state index < -0.39 is 18.2 Å². The Morgan fingerprint density at radius 3 is 2.59 bits per heavy atom. The number of carbonyl (C=O) groups excluding carboxylic acids is 1. The standard InChI is InChI=1S/C12H12O5/c13-9-4-2-6-5-7(1-3-8(6)9)10(14)11(15)12(16)17/h1,3,5,10-11,14-15H,2,4H2,(H,16,17). The number of carboxylic acid groups (broad SMARTS) is 1. The fourth-order valence-corrected chi connectivity index (χ4v) is 1.98. The highest BCUT2D eigenvalue weighted by molar-refractivity contribution is 6.00. The lowest BCUT2D eigenvalue weighted by Crippen LogP contribution is -2.27. The van der Waals surface area contributed by atoms with Crippen molar-refractivity contribution in [1.82, 2.24) is 0 Å². The van der Waals surface area contributed by atoms with Crippen molar-refractivity contribution in [3.63, 3.8) is 0 Å². The average molecular weight is 236 g/mol. The number of Topliss-reactive ketones (excluding diaryl/α,β-unsaturated/α-hetero) is 1. The molecule has 2 atom stereocenters. The number of rotatable bonds is 3. The van der Waals surface area contributed by atoms with Crippen LogP contribution in [0, 0.1) is 0 Å². The van der Waals surface area contributed by atoms with Gasteiger partial charge < -0.3 is 15.3 Å². The first kappa shape index (κ1) is 11.8. The van der Waals surface area contributed by atoms with E-state index in [-0.39, 0.29) is 5.78 Å². The van der Waals surface area contributed by atoms with Crippen molar-refractivity contribution in [3.05, 3.63) is 34.9 Å². The Hall–Kier alpha value is -1.72. The number of aliphatic carboxylic acids is 1. The number of hydrogen-bond acceptors (Lipinski definition) is 4. The van der Waals surface area contributed by atoms with E-state index in [0.717, 1.165) is 5.56 Å². The molecule has 0 saturated carbocycles. The number of aryl methyl sites for hydroxylation is 1. The second kappa shape index (κ2) is 4.27. The molecule has 2 unspecified atom stereocenters. The third-order valence-corrected chi connectivity index (χ3v) is 2.94. The molecular weight excluding hydrogens is 224 g/mol. The van der Waals surface area contributed by atoms with E-state index in [2.05, 4.69) is 0 Å². The maximum Gasteiger partial charge on any atom is 0.335 e. The van der Waals surface area contributed by atoms with Gasteiger partial charge in [0.25, 0.3) is 0 Å². The Morgan fingerprint density at radius 1 is 1.24 bits per heavy atom. The van der Waals surface area contributed by atoms with Crippen LogP contribution >= 0.6 is 0 Å². The van der Waals surface area contributed by atoms with Gasteiger partial charge in [0.1, 0.15) is 6.10 Å². The number of carboxylic acids is 1. The van der Waals surface area contributed by atoms with E-state index in [4.69, 9.17) is 5.11 Å². The van der Waals surface area contributed by atoms with Crippen LogP contribution in [0.4, 0.5) is 0 Å². The molecule has 1 aliphatic carbocycles. The van der Waals surface area contributed by atoms with Gasteiger partial charge in [-0.2, -0.15) is 0 Å². The van der Waals surface area contributed by atoms with Crippen LogP contribution in [0.2, 0.25) is 0 Å². The summed E-state index contributed by atoms with van der Waals surface area (Å²) < 4.78 is 0. The minimum absolute atomic E-state index is 0.0554. The number of ketones is 1. The molecule has 0 heterocycles. The Bertz CT molecular complexity index is 480. The SMILES string of the molecule is O=C1CCc2cc(C(O)C(O)C(=O)O)ccc21. The minimum Gasteiger partial charge on any atom is -0.479 e. The summed E-state index contributed by atoms with van der Waals surface area (Å²) in [6, 6.07) is 4.62. The lowest BCUT2D eigenvalue weighted by molar-refractivity contribution is -0.153. The maximum absolute atomic E-state index is 11.4. The van der Waals surface area contributed by atoms with Gasteiger partial charge in [0.2, 0.25) is 0 Å². The third-order valence-electron chi connectivity index (χ3n) is 2.94. The fraction of sp³-hybridized carbons (Fsp3) is 0.333.